The fraction of sp³-hybridized carbons (Fsp3) is 0.250. The van der Waals surface area contributed by atoms with Crippen LogP contribution in [0.1, 0.15) is 28.3 Å². The second kappa shape index (κ2) is 6.00. The van der Waals surface area contributed by atoms with Gasteiger partial charge in [-0.3, -0.25) is 0 Å². The Bertz CT molecular complexity index is 688. The monoisotopic (exact) mass is 311 g/mol. The van der Waals surface area contributed by atoms with Crippen LogP contribution < -0.4 is 10.5 Å². The number of rotatable bonds is 3. The van der Waals surface area contributed by atoms with Crippen molar-refractivity contribution in [3.63, 3.8) is 0 Å². The molecule has 2 rings (SSSR count). The van der Waals surface area contributed by atoms with Crippen LogP contribution in [0.15, 0.2) is 24.3 Å². The summed E-state index contributed by atoms with van der Waals surface area (Å²) >= 11 is 5.56. The summed E-state index contributed by atoms with van der Waals surface area (Å²) in [7, 11) is 1.52. The Balaban J connectivity index is 2.57. The Hall–Kier alpha value is -1.65. The van der Waals surface area contributed by atoms with Crippen LogP contribution >= 0.6 is 11.6 Å². The second-order valence-corrected chi connectivity index (χ2v) is 5.30. The maximum Gasteiger partial charge on any atom is 0.142 e. The predicted octanol–water partition coefficient (Wildman–Crippen LogP) is 4.29. The molecule has 0 aliphatic rings. The smallest absolute Gasteiger partial charge is 0.142 e. The number of aryl methyl sites for hydroxylation is 1. The minimum absolute atomic E-state index is 0.0402. The molecule has 0 saturated heterocycles. The van der Waals surface area contributed by atoms with Gasteiger partial charge >= 0.3 is 0 Å². The summed E-state index contributed by atoms with van der Waals surface area (Å²) in [4.78, 5) is 0. The molecule has 0 bridgehead atoms. The molecule has 5 heteroatoms. The number of halogens is 3. The van der Waals surface area contributed by atoms with E-state index in [9.17, 15) is 8.78 Å². The van der Waals surface area contributed by atoms with Gasteiger partial charge in [-0.25, -0.2) is 8.78 Å². The summed E-state index contributed by atoms with van der Waals surface area (Å²) in [6.45, 7) is 3.83. The Kier molecular flexibility index (Phi) is 4.49. The van der Waals surface area contributed by atoms with Gasteiger partial charge in [0.2, 0.25) is 0 Å². The molecular formula is C16H16ClF2NO. The summed E-state index contributed by atoms with van der Waals surface area (Å²) in [5, 5.41) is -0.268. The lowest BCUT2D eigenvalue weighted by molar-refractivity contribution is 0.403. The highest BCUT2D eigenvalue weighted by Gasteiger charge is 2.21. The molecule has 0 heterocycles. The summed E-state index contributed by atoms with van der Waals surface area (Å²) in [6.07, 6.45) is 0. The van der Waals surface area contributed by atoms with E-state index < -0.39 is 17.7 Å². The molecule has 2 nitrogen and oxygen atoms in total. The van der Waals surface area contributed by atoms with Crippen LogP contribution in [0.25, 0.3) is 0 Å². The zero-order valence-electron chi connectivity index (χ0n) is 12.0. The van der Waals surface area contributed by atoms with Gasteiger partial charge in [-0.2, -0.15) is 0 Å². The van der Waals surface area contributed by atoms with Crippen molar-refractivity contribution in [1.29, 1.82) is 0 Å². The van der Waals surface area contributed by atoms with Crippen molar-refractivity contribution in [1.82, 2.24) is 0 Å². The van der Waals surface area contributed by atoms with E-state index in [1.165, 1.54) is 7.11 Å². The molecule has 0 amide bonds. The van der Waals surface area contributed by atoms with Crippen LogP contribution in [0, 0.1) is 25.5 Å². The van der Waals surface area contributed by atoms with E-state index in [0.29, 0.717) is 11.3 Å². The third-order valence-electron chi connectivity index (χ3n) is 3.62. The summed E-state index contributed by atoms with van der Waals surface area (Å²) in [5.41, 5.74) is 8.69. The average Bonchev–Trinajstić information content (AvgIpc) is 2.45. The molecule has 0 fully saturated rings. The maximum absolute atomic E-state index is 14.0. The molecule has 0 radical (unpaired) electrons. The molecule has 2 aromatic carbocycles. The summed E-state index contributed by atoms with van der Waals surface area (Å²) < 4.78 is 33.0. The van der Waals surface area contributed by atoms with Crippen molar-refractivity contribution < 1.29 is 13.5 Å². The van der Waals surface area contributed by atoms with Crippen molar-refractivity contribution in [2.45, 2.75) is 19.9 Å². The molecule has 0 aliphatic carbocycles. The second-order valence-electron chi connectivity index (χ2n) is 4.90. The lowest BCUT2D eigenvalue weighted by Crippen LogP contribution is -2.16. The lowest BCUT2D eigenvalue weighted by Gasteiger charge is -2.19. The molecule has 2 N–H and O–H groups in total. The van der Waals surface area contributed by atoms with Crippen LogP contribution in [-0.4, -0.2) is 7.11 Å². The van der Waals surface area contributed by atoms with Crippen LogP contribution in [-0.2, 0) is 0 Å². The van der Waals surface area contributed by atoms with Gasteiger partial charge in [-0.1, -0.05) is 23.7 Å². The first-order chi connectivity index (χ1) is 9.86. The van der Waals surface area contributed by atoms with Gasteiger partial charge in [-0.05, 0) is 37.1 Å². The highest BCUT2D eigenvalue weighted by molar-refractivity contribution is 6.30. The van der Waals surface area contributed by atoms with Crippen LogP contribution in [0.2, 0.25) is 5.02 Å². The van der Waals surface area contributed by atoms with E-state index in [1.807, 2.05) is 19.9 Å². The van der Waals surface area contributed by atoms with E-state index in [4.69, 9.17) is 22.1 Å². The minimum Gasteiger partial charge on any atom is -0.496 e. The Morgan fingerprint density at radius 1 is 1.10 bits per heavy atom. The molecule has 1 unspecified atom stereocenters. The summed E-state index contributed by atoms with van der Waals surface area (Å²) in [6, 6.07) is 4.75. The van der Waals surface area contributed by atoms with Crippen molar-refractivity contribution >= 4 is 11.6 Å². The van der Waals surface area contributed by atoms with Crippen LogP contribution in [0.5, 0.6) is 5.75 Å². The van der Waals surface area contributed by atoms with Gasteiger partial charge in [0.1, 0.15) is 17.4 Å². The standard InChI is InChI=1S/C16H16ClF2NO/c1-8-4-5-10(16(21-3)9(8)2)15(20)11-6-14(19)12(17)7-13(11)18/h4-7,15H,20H2,1-3H3. The molecule has 1 atom stereocenters. The minimum atomic E-state index is -0.842. The van der Waals surface area contributed by atoms with Crippen LogP contribution in [0.3, 0.4) is 0 Å². The Labute approximate surface area is 127 Å². The number of ether oxygens (including phenoxy) is 1. The quantitative estimate of drug-likeness (QED) is 0.858. The number of nitrogens with two attached hydrogens (primary N) is 1. The number of benzene rings is 2. The van der Waals surface area contributed by atoms with E-state index in [1.54, 1.807) is 6.07 Å². The Morgan fingerprint density at radius 3 is 2.38 bits per heavy atom. The van der Waals surface area contributed by atoms with Gasteiger partial charge < -0.3 is 10.5 Å². The zero-order valence-corrected chi connectivity index (χ0v) is 12.8. The molecule has 2 aromatic rings. The number of methoxy groups -OCH3 is 1. The van der Waals surface area contributed by atoms with Gasteiger partial charge in [0.15, 0.2) is 0 Å². The van der Waals surface area contributed by atoms with Crippen LogP contribution in [0.4, 0.5) is 8.78 Å². The lowest BCUT2D eigenvalue weighted by atomic mass is 9.94. The molecule has 21 heavy (non-hydrogen) atoms. The fourth-order valence-electron chi connectivity index (χ4n) is 2.27. The third kappa shape index (κ3) is 2.87. The molecule has 0 aromatic heterocycles. The molecular weight excluding hydrogens is 296 g/mol. The predicted molar refractivity (Wildman–Crippen MR) is 79.9 cm³/mol. The highest BCUT2D eigenvalue weighted by atomic mass is 35.5. The molecule has 112 valence electrons. The number of hydrogen-bond acceptors (Lipinski definition) is 2. The first-order valence-electron chi connectivity index (χ1n) is 6.41. The average molecular weight is 312 g/mol. The van der Waals surface area contributed by atoms with Gasteiger partial charge in [0, 0.05) is 11.1 Å². The van der Waals surface area contributed by atoms with Crippen molar-refractivity contribution in [2.24, 2.45) is 5.73 Å². The Morgan fingerprint density at radius 2 is 1.76 bits per heavy atom. The van der Waals surface area contributed by atoms with Crippen molar-refractivity contribution in [2.75, 3.05) is 7.11 Å². The normalized spacial score (nSPS) is 12.3. The van der Waals surface area contributed by atoms with Gasteiger partial charge in [0.25, 0.3) is 0 Å². The van der Waals surface area contributed by atoms with E-state index in [0.717, 1.165) is 23.3 Å². The zero-order chi connectivity index (χ0) is 15.7. The SMILES string of the molecule is COc1c(C(N)c2cc(F)c(Cl)cc2F)ccc(C)c1C. The van der Waals surface area contributed by atoms with E-state index in [2.05, 4.69) is 0 Å². The third-order valence-corrected chi connectivity index (χ3v) is 3.91. The maximum atomic E-state index is 14.0. The first kappa shape index (κ1) is 15.7. The van der Waals surface area contributed by atoms with Crippen molar-refractivity contribution in [3.8, 4) is 5.75 Å². The molecule has 0 spiro atoms. The summed E-state index contributed by atoms with van der Waals surface area (Å²) in [5.74, 6) is -0.766. The first-order valence-corrected chi connectivity index (χ1v) is 6.78. The van der Waals surface area contributed by atoms with E-state index >= 15 is 0 Å². The molecule has 0 saturated carbocycles. The largest absolute Gasteiger partial charge is 0.496 e. The van der Waals surface area contributed by atoms with E-state index in [-0.39, 0.29) is 10.6 Å². The topological polar surface area (TPSA) is 35.2 Å². The van der Waals surface area contributed by atoms with Crippen molar-refractivity contribution in [3.05, 3.63) is 63.2 Å². The van der Waals surface area contributed by atoms with Gasteiger partial charge in [0.05, 0.1) is 18.2 Å². The number of hydrogen-bond donors (Lipinski definition) is 1. The fourth-order valence-corrected chi connectivity index (χ4v) is 2.42. The van der Waals surface area contributed by atoms with Gasteiger partial charge in [-0.15, -0.1) is 0 Å². The highest BCUT2D eigenvalue weighted by Crippen LogP contribution is 2.34. The molecule has 0 aliphatic heterocycles.